The number of hydrogen-bond donors (Lipinski definition) is 0. The topological polar surface area (TPSA) is 25.8 Å². The lowest BCUT2D eigenvalue weighted by atomic mass is 10.1. The van der Waals surface area contributed by atoms with Crippen molar-refractivity contribution in [2.45, 2.75) is 6.92 Å². The molecule has 76 valence electrons. The van der Waals surface area contributed by atoms with E-state index in [9.17, 15) is 0 Å². The Kier molecular flexibility index (Phi) is 2.89. The first-order chi connectivity index (χ1) is 7.15. The van der Waals surface area contributed by atoms with Gasteiger partial charge in [-0.3, -0.25) is 0 Å². The van der Waals surface area contributed by atoms with E-state index in [1.165, 1.54) is 0 Å². The molecule has 0 radical (unpaired) electrons. The summed E-state index contributed by atoms with van der Waals surface area (Å²) in [5, 5.41) is 1.16. The quantitative estimate of drug-likeness (QED) is 0.708. The van der Waals surface area contributed by atoms with Gasteiger partial charge in [0, 0.05) is 16.7 Å². The summed E-state index contributed by atoms with van der Waals surface area (Å²) >= 11 is 11.7. The Balaban J connectivity index is 2.49. The second kappa shape index (κ2) is 4.17. The second-order valence-electron chi connectivity index (χ2n) is 3.13. The van der Waals surface area contributed by atoms with Crippen LogP contribution in [0.25, 0.3) is 11.3 Å². The Labute approximate surface area is 97.9 Å². The van der Waals surface area contributed by atoms with Gasteiger partial charge in [0.15, 0.2) is 0 Å². The zero-order valence-electron chi connectivity index (χ0n) is 8.04. The van der Waals surface area contributed by atoms with Crippen molar-refractivity contribution in [3.05, 3.63) is 46.3 Å². The molecule has 0 aliphatic carbocycles. The molecule has 4 heteroatoms. The molecular formula is C11H8Cl2N2. The standard InChI is InChI=1S/C11H8Cl2N2/c1-7-14-10(6-11(13)15-7)8-2-4-9(12)5-3-8/h2-6H,1H3. The molecule has 0 amide bonds. The van der Waals surface area contributed by atoms with E-state index in [1.54, 1.807) is 6.07 Å². The Morgan fingerprint density at radius 3 is 2.27 bits per heavy atom. The molecule has 0 bridgehead atoms. The fraction of sp³-hybridized carbons (Fsp3) is 0.0909. The van der Waals surface area contributed by atoms with Crippen molar-refractivity contribution in [3.8, 4) is 11.3 Å². The third-order valence-corrected chi connectivity index (χ3v) is 2.39. The fourth-order valence-corrected chi connectivity index (χ4v) is 1.65. The molecule has 2 aromatic rings. The molecule has 0 atom stereocenters. The average Bonchev–Trinajstić information content (AvgIpc) is 2.17. The zero-order chi connectivity index (χ0) is 10.8. The van der Waals surface area contributed by atoms with Gasteiger partial charge in [-0.05, 0) is 19.1 Å². The molecule has 0 saturated heterocycles. The molecule has 0 aliphatic heterocycles. The van der Waals surface area contributed by atoms with Crippen LogP contribution in [-0.2, 0) is 0 Å². The van der Waals surface area contributed by atoms with Crippen molar-refractivity contribution >= 4 is 23.2 Å². The summed E-state index contributed by atoms with van der Waals surface area (Å²) in [6.45, 7) is 1.81. The van der Waals surface area contributed by atoms with Crippen molar-refractivity contribution in [2.24, 2.45) is 0 Å². The highest BCUT2D eigenvalue weighted by Gasteiger charge is 2.02. The van der Waals surface area contributed by atoms with Crippen LogP contribution in [0.1, 0.15) is 5.82 Å². The van der Waals surface area contributed by atoms with Crippen LogP contribution in [0.3, 0.4) is 0 Å². The Morgan fingerprint density at radius 2 is 1.67 bits per heavy atom. The number of aromatic nitrogens is 2. The van der Waals surface area contributed by atoms with E-state index < -0.39 is 0 Å². The summed E-state index contributed by atoms with van der Waals surface area (Å²) in [7, 11) is 0. The molecule has 1 aromatic carbocycles. The number of nitrogens with zero attached hydrogens (tertiary/aromatic N) is 2. The van der Waals surface area contributed by atoms with Gasteiger partial charge < -0.3 is 0 Å². The highest BCUT2D eigenvalue weighted by atomic mass is 35.5. The minimum atomic E-state index is 0.451. The molecular weight excluding hydrogens is 231 g/mol. The summed E-state index contributed by atoms with van der Waals surface area (Å²) in [5.74, 6) is 0.660. The summed E-state index contributed by atoms with van der Waals surface area (Å²) in [5.41, 5.74) is 1.79. The molecule has 0 saturated carbocycles. The fourth-order valence-electron chi connectivity index (χ4n) is 1.30. The third kappa shape index (κ3) is 2.46. The van der Waals surface area contributed by atoms with Crippen LogP contribution in [-0.4, -0.2) is 9.97 Å². The van der Waals surface area contributed by atoms with Gasteiger partial charge in [-0.2, -0.15) is 0 Å². The monoisotopic (exact) mass is 238 g/mol. The molecule has 15 heavy (non-hydrogen) atoms. The predicted molar refractivity (Wildman–Crippen MR) is 62.2 cm³/mol. The van der Waals surface area contributed by atoms with Gasteiger partial charge in [0.05, 0.1) is 5.69 Å². The number of rotatable bonds is 1. The Hall–Kier alpha value is -1.12. The maximum atomic E-state index is 5.85. The highest BCUT2D eigenvalue weighted by molar-refractivity contribution is 6.30. The van der Waals surface area contributed by atoms with Crippen molar-refractivity contribution < 1.29 is 0 Å². The van der Waals surface area contributed by atoms with E-state index in [1.807, 2.05) is 31.2 Å². The number of halogens is 2. The van der Waals surface area contributed by atoms with Gasteiger partial charge in [0.25, 0.3) is 0 Å². The van der Waals surface area contributed by atoms with Crippen molar-refractivity contribution in [3.63, 3.8) is 0 Å². The summed E-state index contributed by atoms with van der Waals surface area (Å²) in [6, 6.07) is 9.18. The van der Waals surface area contributed by atoms with Gasteiger partial charge in [0.2, 0.25) is 0 Å². The number of benzene rings is 1. The second-order valence-corrected chi connectivity index (χ2v) is 3.95. The minimum Gasteiger partial charge on any atom is -0.233 e. The Morgan fingerprint density at radius 1 is 1.00 bits per heavy atom. The molecule has 0 fully saturated rings. The van der Waals surface area contributed by atoms with Crippen LogP contribution in [0.5, 0.6) is 0 Å². The molecule has 1 heterocycles. The van der Waals surface area contributed by atoms with E-state index in [0.29, 0.717) is 16.0 Å². The number of aryl methyl sites for hydroxylation is 1. The lowest BCUT2D eigenvalue weighted by molar-refractivity contribution is 1.06. The van der Waals surface area contributed by atoms with E-state index >= 15 is 0 Å². The van der Waals surface area contributed by atoms with Gasteiger partial charge >= 0.3 is 0 Å². The molecule has 0 spiro atoms. The first-order valence-electron chi connectivity index (χ1n) is 4.42. The summed E-state index contributed by atoms with van der Waals surface area (Å²) in [4.78, 5) is 8.30. The van der Waals surface area contributed by atoms with Crippen LogP contribution in [0.4, 0.5) is 0 Å². The average molecular weight is 239 g/mol. The normalized spacial score (nSPS) is 10.3. The molecule has 1 aromatic heterocycles. The van der Waals surface area contributed by atoms with Crippen LogP contribution >= 0.6 is 23.2 Å². The van der Waals surface area contributed by atoms with E-state index in [0.717, 1.165) is 11.3 Å². The SMILES string of the molecule is Cc1nc(Cl)cc(-c2ccc(Cl)cc2)n1. The van der Waals surface area contributed by atoms with Crippen molar-refractivity contribution in [1.82, 2.24) is 9.97 Å². The highest BCUT2D eigenvalue weighted by Crippen LogP contribution is 2.21. The minimum absolute atomic E-state index is 0.451. The van der Waals surface area contributed by atoms with Gasteiger partial charge in [-0.15, -0.1) is 0 Å². The van der Waals surface area contributed by atoms with Gasteiger partial charge in [-0.1, -0.05) is 35.3 Å². The summed E-state index contributed by atoms with van der Waals surface area (Å²) in [6.07, 6.45) is 0. The lowest BCUT2D eigenvalue weighted by Gasteiger charge is -2.02. The molecule has 2 nitrogen and oxygen atoms in total. The first-order valence-corrected chi connectivity index (χ1v) is 5.18. The van der Waals surface area contributed by atoms with E-state index in [4.69, 9.17) is 23.2 Å². The van der Waals surface area contributed by atoms with Gasteiger partial charge in [-0.25, -0.2) is 9.97 Å². The maximum Gasteiger partial charge on any atom is 0.133 e. The van der Waals surface area contributed by atoms with Crippen LogP contribution in [0, 0.1) is 6.92 Å². The molecule has 0 unspecified atom stereocenters. The largest absolute Gasteiger partial charge is 0.233 e. The maximum absolute atomic E-state index is 5.85. The lowest BCUT2D eigenvalue weighted by Crippen LogP contribution is -1.91. The van der Waals surface area contributed by atoms with Crippen LogP contribution in [0.2, 0.25) is 10.2 Å². The van der Waals surface area contributed by atoms with E-state index in [2.05, 4.69) is 9.97 Å². The van der Waals surface area contributed by atoms with Crippen molar-refractivity contribution in [1.29, 1.82) is 0 Å². The zero-order valence-corrected chi connectivity index (χ0v) is 9.55. The molecule has 2 rings (SSSR count). The molecule has 0 N–H and O–H groups in total. The van der Waals surface area contributed by atoms with Gasteiger partial charge in [0.1, 0.15) is 11.0 Å². The third-order valence-electron chi connectivity index (χ3n) is 1.95. The predicted octanol–water partition coefficient (Wildman–Crippen LogP) is 3.76. The van der Waals surface area contributed by atoms with Crippen LogP contribution in [0.15, 0.2) is 30.3 Å². The molecule has 0 aliphatic rings. The van der Waals surface area contributed by atoms with Crippen LogP contribution < -0.4 is 0 Å². The van der Waals surface area contributed by atoms with Crippen molar-refractivity contribution in [2.75, 3.05) is 0 Å². The van der Waals surface area contributed by atoms with E-state index in [-0.39, 0.29) is 0 Å². The smallest absolute Gasteiger partial charge is 0.133 e. The summed E-state index contributed by atoms with van der Waals surface area (Å²) < 4.78 is 0. The Bertz CT molecular complexity index is 460. The number of hydrogen-bond acceptors (Lipinski definition) is 2. The first kappa shape index (κ1) is 10.4.